The highest BCUT2D eigenvalue weighted by molar-refractivity contribution is 7.99. The molecule has 12 rings (SSSR count). The Morgan fingerprint density at radius 2 is 0.845 bits per heavy atom. The zero-order chi connectivity index (χ0) is 40.0. The summed E-state index contributed by atoms with van der Waals surface area (Å²) in [5.41, 5.74) is 16.6. The normalized spacial score (nSPS) is 28.6. The van der Waals surface area contributed by atoms with E-state index in [1.807, 2.05) is 11.8 Å². The van der Waals surface area contributed by atoms with Gasteiger partial charge in [0, 0.05) is 32.3 Å². The topological polar surface area (TPSA) is 3.24 Å². The van der Waals surface area contributed by atoms with Gasteiger partial charge in [-0.3, -0.25) is 0 Å². The van der Waals surface area contributed by atoms with Crippen molar-refractivity contribution in [1.29, 1.82) is 0 Å². The third kappa shape index (κ3) is 5.48. The summed E-state index contributed by atoms with van der Waals surface area (Å²) in [6.07, 6.45) is 11.9. The van der Waals surface area contributed by atoms with Crippen molar-refractivity contribution in [2.45, 2.75) is 150 Å². The third-order valence-corrected chi connectivity index (χ3v) is 18.2. The van der Waals surface area contributed by atoms with E-state index in [0.29, 0.717) is 11.8 Å². The summed E-state index contributed by atoms with van der Waals surface area (Å²) < 4.78 is 0. The Morgan fingerprint density at radius 3 is 1.36 bits per heavy atom. The van der Waals surface area contributed by atoms with Crippen LogP contribution in [0.2, 0.25) is 0 Å². The van der Waals surface area contributed by atoms with E-state index in [9.17, 15) is 0 Å². The van der Waals surface area contributed by atoms with E-state index in [-0.39, 0.29) is 27.1 Å². The van der Waals surface area contributed by atoms with Gasteiger partial charge in [0.05, 0.1) is 0 Å². The van der Waals surface area contributed by atoms with E-state index in [0.717, 1.165) is 11.8 Å². The molecule has 298 valence electrons. The number of benzene rings is 5. The predicted octanol–water partition coefficient (Wildman–Crippen LogP) is 15.7. The lowest BCUT2D eigenvalue weighted by molar-refractivity contribution is -0.0443. The maximum absolute atomic E-state index is 2.71. The molecule has 0 aromatic heterocycles. The fourth-order valence-electron chi connectivity index (χ4n) is 13.8. The van der Waals surface area contributed by atoms with Crippen LogP contribution in [0, 0.1) is 23.7 Å². The summed E-state index contributed by atoms with van der Waals surface area (Å²) in [5.74, 6) is 3.18. The summed E-state index contributed by atoms with van der Waals surface area (Å²) in [5, 5.41) is 0. The number of nitrogens with zero attached hydrogens (tertiary/aromatic N) is 1. The van der Waals surface area contributed by atoms with Gasteiger partial charge in [-0.05, 0) is 202 Å². The van der Waals surface area contributed by atoms with Crippen molar-refractivity contribution in [3.05, 3.63) is 137 Å². The van der Waals surface area contributed by atoms with Crippen LogP contribution in [0.3, 0.4) is 0 Å². The number of anilines is 3. The molecular weight excluding hydrogens is 719 g/mol. The SMILES string of the molecule is CC1(C)CCC(C)(C)c2cc(N(c3ccc4c(c3)C(C)(C)CCC4(C)C)c3ccc4c(c3)C3(c5cc(-c6ccccc6)ccc5S4)C4CC5CC(C4)CC3C5)ccc21. The molecule has 0 N–H and O–H groups in total. The van der Waals surface area contributed by atoms with E-state index in [1.54, 1.807) is 11.1 Å². The second-order valence-electron chi connectivity index (χ2n) is 22.4. The summed E-state index contributed by atoms with van der Waals surface area (Å²) in [6.45, 7) is 19.7. The van der Waals surface area contributed by atoms with Crippen molar-refractivity contribution in [1.82, 2.24) is 0 Å². The van der Waals surface area contributed by atoms with Crippen LogP contribution in [0.5, 0.6) is 0 Å². The molecule has 4 bridgehead atoms. The van der Waals surface area contributed by atoms with Crippen molar-refractivity contribution in [3.8, 4) is 11.1 Å². The van der Waals surface area contributed by atoms with Gasteiger partial charge in [0.25, 0.3) is 0 Å². The molecule has 58 heavy (non-hydrogen) atoms. The van der Waals surface area contributed by atoms with E-state index in [1.165, 1.54) is 118 Å². The minimum absolute atomic E-state index is 0.0412. The first-order valence-electron chi connectivity index (χ1n) is 22.8. The van der Waals surface area contributed by atoms with Gasteiger partial charge < -0.3 is 4.90 Å². The molecule has 0 atom stereocenters. The summed E-state index contributed by atoms with van der Waals surface area (Å²) >= 11 is 2.03. The smallest absolute Gasteiger partial charge is 0.0465 e. The van der Waals surface area contributed by atoms with Gasteiger partial charge in [-0.15, -0.1) is 0 Å². The van der Waals surface area contributed by atoms with Crippen LogP contribution in [0.15, 0.2) is 113 Å². The van der Waals surface area contributed by atoms with Gasteiger partial charge in [-0.1, -0.05) is 116 Å². The van der Waals surface area contributed by atoms with Crippen molar-refractivity contribution < 1.29 is 0 Å². The molecule has 4 fully saturated rings. The van der Waals surface area contributed by atoms with Crippen molar-refractivity contribution in [3.63, 3.8) is 0 Å². The second kappa shape index (κ2) is 12.6. The second-order valence-corrected chi connectivity index (χ2v) is 23.4. The van der Waals surface area contributed by atoms with Crippen LogP contribution in [0.1, 0.15) is 147 Å². The Bertz CT molecular complexity index is 2350. The third-order valence-electron chi connectivity index (χ3n) is 17.0. The van der Waals surface area contributed by atoms with Gasteiger partial charge in [-0.25, -0.2) is 0 Å². The highest BCUT2D eigenvalue weighted by atomic mass is 32.2. The monoisotopic (exact) mass is 781 g/mol. The van der Waals surface area contributed by atoms with Crippen LogP contribution in [0.25, 0.3) is 11.1 Å². The first-order chi connectivity index (χ1) is 27.6. The minimum atomic E-state index is 0.0412. The summed E-state index contributed by atoms with van der Waals surface area (Å²) in [4.78, 5) is 5.64. The Hall–Kier alpha value is -3.75. The maximum atomic E-state index is 2.71. The van der Waals surface area contributed by atoms with Crippen LogP contribution >= 0.6 is 11.8 Å². The van der Waals surface area contributed by atoms with Crippen LogP contribution in [-0.4, -0.2) is 0 Å². The first kappa shape index (κ1) is 37.3. The lowest BCUT2D eigenvalue weighted by Crippen LogP contribution is -2.57. The zero-order valence-corrected chi connectivity index (χ0v) is 37.2. The quantitative estimate of drug-likeness (QED) is 0.179. The Morgan fingerprint density at radius 1 is 0.414 bits per heavy atom. The predicted molar refractivity (Wildman–Crippen MR) is 246 cm³/mol. The van der Waals surface area contributed by atoms with Crippen LogP contribution < -0.4 is 4.90 Å². The molecular formula is C56H63NS. The molecule has 0 radical (unpaired) electrons. The molecule has 6 aliphatic carbocycles. The molecule has 5 aromatic carbocycles. The lowest BCUT2D eigenvalue weighted by atomic mass is 9.42. The van der Waals surface area contributed by atoms with Crippen molar-refractivity contribution >= 4 is 28.8 Å². The fourth-order valence-corrected chi connectivity index (χ4v) is 15.0. The van der Waals surface area contributed by atoms with Crippen LogP contribution in [0.4, 0.5) is 17.1 Å². The highest BCUT2D eigenvalue weighted by Gasteiger charge is 2.61. The van der Waals surface area contributed by atoms with Crippen molar-refractivity contribution in [2.24, 2.45) is 23.7 Å². The van der Waals surface area contributed by atoms with Gasteiger partial charge >= 0.3 is 0 Å². The highest BCUT2D eigenvalue weighted by Crippen LogP contribution is 2.69. The summed E-state index contributed by atoms with van der Waals surface area (Å²) in [7, 11) is 0. The Balaban J connectivity index is 1.14. The summed E-state index contributed by atoms with van der Waals surface area (Å²) in [6, 6.07) is 41.5. The fraction of sp³-hybridized carbons (Fsp3) is 0.464. The zero-order valence-electron chi connectivity index (χ0n) is 36.3. The Kier molecular flexibility index (Phi) is 8.12. The molecule has 1 aliphatic heterocycles. The average molecular weight is 782 g/mol. The maximum Gasteiger partial charge on any atom is 0.0465 e. The average Bonchev–Trinajstić information content (AvgIpc) is 3.20. The first-order valence-corrected chi connectivity index (χ1v) is 23.6. The molecule has 2 heteroatoms. The molecule has 1 heterocycles. The van der Waals surface area contributed by atoms with Gasteiger partial charge in [-0.2, -0.15) is 0 Å². The lowest BCUT2D eigenvalue weighted by Gasteiger charge is -2.63. The largest absolute Gasteiger partial charge is 0.310 e. The molecule has 1 spiro atoms. The molecule has 0 unspecified atom stereocenters. The molecule has 0 saturated heterocycles. The Labute approximate surface area is 353 Å². The van der Waals surface area contributed by atoms with E-state index >= 15 is 0 Å². The molecule has 0 amide bonds. The van der Waals surface area contributed by atoms with Gasteiger partial charge in [0.2, 0.25) is 0 Å². The molecule has 4 saturated carbocycles. The molecule has 7 aliphatic rings. The van der Waals surface area contributed by atoms with Gasteiger partial charge in [0.1, 0.15) is 0 Å². The molecule has 1 nitrogen and oxygen atoms in total. The van der Waals surface area contributed by atoms with E-state index in [4.69, 9.17) is 0 Å². The number of hydrogen-bond acceptors (Lipinski definition) is 2. The standard InChI is InChI=1S/C56H63NS/c1-52(2)22-24-54(5,6)46-32-41(15-18-44(46)52)57(42-16-19-45-47(33-42)55(7,8)25-23-53(45,3)4)43-17-21-51-49(34-43)56(39-27-35-26-36(29-39)30-40(56)28-35)48-31-38(14-20-50(48)58-51)37-12-10-9-11-13-37/h9-21,31-36,39-40H,22-30H2,1-8H3. The number of hydrogen-bond donors (Lipinski definition) is 0. The van der Waals surface area contributed by atoms with Gasteiger partial charge in [0.15, 0.2) is 0 Å². The van der Waals surface area contributed by atoms with E-state index < -0.39 is 0 Å². The number of rotatable bonds is 4. The van der Waals surface area contributed by atoms with Crippen molar-refractivity contribution in [2.75, 3.05) is 4.90 Å². The van der Waals surface area contributed by atoms with E-state index in [2.05, 4.69) is 163 Å². The number of fused-ring (bicyclic) bond motifs is 4. The minimum Gasteiger partial charge on any atom is -0.310 e. The van der Waals surface area contributed by atoms with Crippen LogP contribution in [-0.2, 0) is 27.1 Å². The molecule has 5 aromatic rings.